The van der Waals surface area contributed by atoms with Gasteiger partial charge in [-0.25, -0.2) is 8.78 Å². The number of rotatable bonds is 8. The molecule has 4 heterocycles. The molecular weight excluding hydrogens is 559 g/mol. The van der Waals surface area contributed by atoms with Crippen LogP contribution in [0.4, 0.5) is 22.0 Å². The maximum Gasteiger partial charge on any atom is 0.471 e. The number of likely N-dealkylation sites (tertiary alicyclic amines) is 1. The van der Waals surface area contributed by atoms with Crippen LogP contribution in [0, 0.1) is 16.7 Å². The third-order valence-electron chi connectivity index (χ3n) is 5.13. The van der Waals surface area contributed by atoms with Gasteiger partial charge in [0, 0.05) is 54.3 Å². The van der Waals surface area contributed by atoms with Crippen LogP contribution in [0.25, 0.3) is 10.7 Å². The quantitative estimate of drug-likeness (QED) is 0.115. The summed E-state index contributed by atoms with van der Waals surface area (Å²) in [6.45, 7) is 5.29. The number of aromatic nitrogens is 2. The maximum atomic E-state index is 12.7. The number of carbonyl (C=O) groups excluding carboxylic acids is 1. The minimum atomic E-state index is -4.73. The zero-order valence-corrected chi connectivity index (χ0v) is 22.6. The fourth-order valence-electron chi connectivity index (χ4n) is 3.23. The number of hydrogen-bond donors (Lipinski definition) is 4. The minimum Gasteiger partial charge on any atom is -0.363 e. The first-order valence-electron chi connectivity index (χ1n) is 11.9. The highest BCUT2D eigenvalue weighted by Gasteiger charge is 2.38. The molecule has 1 fully saturated rings. The lowest BCUT2D eigenvalue weighted by Gasteiger charge is -2.35. The summed E-state index contributed by atoms with van der Waals surface area (Å²) in [7, 11) is 1.85. The first-order chi connectivity index (χ1) is 19.0. The van der Waals surface area contributed by atoms with Crippen LogP contribution in [-0.2, 0) is 17.5 Å². The number of hydrogen-bond acceptors (Lipinski definition) is 10. The number of allylic oxidation sites excluding steroid dienone is 1. The van der Waals surface area contributed by atoms with E-state index in [4.69, 9.17) is 10.8 Å². The Hall–Kier alpha value is -3.92. The van der Waals surface area contributed by atoms with Gasteiger partial charge in [-0.2, -0.15) is 18.2 Å². The van der Waals surface area contributed by atoms with E-state index in [1.165, 1.54) is 11.0 Å². The number of thiophene rings is 1. The molecule has 0 aromatic carbocycles. The van der Waals surface area contributed by atoms with Crippen LogP contribution in [-0.4, -0.2) is 64.8 Å². The predicted molar refractivity (Wildman–Crippen MR) is 141 cm³/mol. The minimum absolute atomic E-state index is 0.00302. The van der Waals surface area contributed by atoms with Crippen molar-refractivity contribution in [2.45, 2.75) is 33.0 Å². The Bertz CT molecular complexity index is 1220. The second kappa shape index (κ2) is 15.0. The molecule has 0 aliphatic carbocycles. The van der Waals surface area contributed by atoms with E-state index in [9.17, 15) is 26.7 Å². The largest absolute Gasteiger partial charge is 0.471 e. The Morgan fingerprint density at radius 1 is 1.30 bits per heavy atom. The van der Waals surface area contributed by atoms with Crippen molar-refractivity contribution in [2.75, 3.05) is 20.1 Å². The summed E-state index contributed by atoms with van der Waals surface area (Å²) in [5.74, 6) is -1.55. The molecule has 40 heavy (non-hydrogen) atoms. The summed E-state index contributed by atoms with van der Waals surface area (Å²) < 4.78 is 65.5. The second-order valence-corrected chi connectivity index (χ2v) is 9.22. The molecule has 2 aromatic rings. The lowest BCUT2D eigenvalue weighted by molar-refractivity contribution is -0.159. The molecule has 0 radical (unpaired) electrons. The second-order valence-electron chi connectivity index (χ2n) is 8.05. The van der Waals surface area contributed by atoms with Crippen molar-refractivity contribution < 1.29 is 31.3 Å². The van der Waals surface area contributed by atoms with Gasteiger partial charge in [-0.15, -0.1) is 11.3 Å². The Labute approximate surface area is 231 Å². The van der Waals surface area contributed by atoms with Crippen LogP contribution in [0.5, 0.6) is 0 Å². The average Bonchev–Trinajstić information content (AvgIpc) is 3.60. The van der Waals surface area contributed by atoms with Crippen LogP contribution in [0.15, 0.2) is 52.7 Å². The van der Waals surface area contributed by atoms with Crippen LogP contribution in [0.1, 0.15) is 24.6 Å². The first kappa shape index (κ1) is 32.3. The van der Waals surface area contributed by atoms with Gasteiger partial charge in [0.15, 0.2) is 6.29 Å². The monoisotopic (exact) mass is 588 g/mol. The van der Waals surface area contributed by atoms with Gasteiger partial charge in [-0.05, 0) is 25.3 Å². The molecule has 1 saturated heterocycles. The van der Waals surface area contributed by atoms with Gasteiger partial charge in [0.1, 0.15) is 11.7 Å². The van der Waals surface area contributed by atoms with Crippen molar-refractivity contribution in [1.82, 2.24) is 30.6 Å². The SMILES string of the molecule is CC.CN1CC(C(F)F)C1.N=C/C(C=O)=C\C(=N)N(Cc1ccc(-c2noc(C(F)(F)F)n2)s1)C1=CNC=CN1. The molecular formula is C24H29F5N8O2S. The van der Waals surface area contributed by atoms with E-state index in [1.807, 2.05) is 25.8 Å². The molecule has 0 amide bonds. The van der Waals surface area contributed by atoms with Crippen molar-refractivity contribution in [1.29, 1.82) is 10.8 Å². The molecule has 4 rings (SSSR count). The van der Waals surface area contributed by atoms with Crippen molar-refractivity contribution >= 4 is 29.7 Å². The third kappa shape index (κ3) is 9.08. The fraction of sp³-hybridized carbons (Fsp3) is 0.375. The molecule has 0 bridgehead atoms. The first-order valence-corrected chi connectivity index (χ1v) is 12.7. The number of carbonyl (C=O) groups is 1. The normalized spacial score (nSPS) is 15.3. The van der Waals surface area contributed by atoms with Crippen molar-refractivity contribution in [2.24, 2.45) is 5.92 Å². The lowest BCUT2D eigenvalue weighted by atomic mass is 10.0. The molecule has 2 aromatic heterocycles. The highest BCUT2D eigenvalue weighted by molar-refractivity contribution is 7.15. The molecule has 0 saturated carbocycles. The van der Waals surface area contributed by atoms with Crippen LogP contribution in [0.2, 0.25) is 0 Å². The molecule has 0 unspecified atom stereocenters. The Kier molecular flexibility index (Phi) is 12.1. The predicted octanol–water partition coefficient (Wildman–Crippen LogP) is 4.67. The van der Waals surface area contributed by atoms with E-state index in [1.54, 1.807) is 30.7 Å². The number of amidine groups is 1. The highest BCUT2D eigenvalue weighted by atomic mass is 32.1. The highest BCUT2D eigenvalue weighted by Crippen LogP contribution is 2.32. The molecule has 2 aliphatic rings. The van der Waals surface area contributed by atoms with Crippen molar-refractivity contribution in [3.05, 3.63) is 59.0 Å². The average molecular weight is 589 g/mol. The number of nitrogens with zero attached hydrogens (tertiary/aromatic N) is 4. The van der Waals surface area contributed by atoms with Gasteiger partial charge in [0.05, 0.1) is 11.4 Å². The third-order valence-corrected chi connectivity index (χ3v) is 6.20. The summed E-state index contributed by atoms with van der Waals surface area (Å²) >= 11 is 1.13. The van der Waals surface area contributed by atoms with Gasteiger partial charge in [-0.3, -0.25) is 10.2 Å². The molecule has 2 aliphatic heterocycles. The molecule has 0 atom stereocenters. The smallest absolute Gasteiger partial charge is 0.363 e. The van der Waals surface area contributed by atoms with Gasteiger partial charge >= 0.3 is 12.1 Å². The molecule has 0 spiro atoms. The van der Waals surface area contributed by atoms with Gasteiger partial charge in [0.25, 0.3) is 0 Å². The molecule has 4 N–H and O–H groups in total. The van der Waals surface area contributed by atoms with Crippen molar-refractivity contribution in [3.8, 4) is 10.7 Å². The molecule has 218 valence electrons. The van der Waals surface area contributed by atoms with E-state index >= 15 is 0 Å². The summed E-state index contributed by atoms with van der Waals surface area (Å²) in [5, 5.41) is 24.7. The summed E-state index contributed by atoms with van der Waals surface area (Å²) in [5.41, 5.74) is 0.00302. The van der Waals surface area contributed by atoms with E-state index in [2.05, 4.69) is 25.3 Å². The zero-order valence-electron chi connectivity index (χ0n) is 21.8. The molecule has 10 nitrogen and oxygen atoms in total. The standard InChI is InChI=1S/C17H14F3N7O2S.C5H9F2N.C2H6/c18-17(19,20)16-25-15(26-29-16)12-2-1-11(30-12)8-27(14-7-23-3-4-24-14)13(22)5-10(6-21)9-28;1-8-2-4(3-8)5(6)7;1-2/h1-7,9,21-24H,8H2;4-5H,2-3H2,1H3;1-2H3/b10-5+,21-6?,22-13?;;. The lowest BCUT2D eigenvalue weighted by Crippen LogP contribution is -2.47. The van der Waals surface area contributed by atoms with Crippen molar-refractivity contribution in [3.63, 3.8) is 0 Å². The Balaban J connectivity index is 0.000000475. The summed E-state index contributed by atoms with van der Waals surface area (Å²) in [4.78, 5) is 18.8. The van der Waals surface area contributed by atoms with Gasteiger partial charge in [0.2, 0.25) is 12.2 Å². The number of alkyl halides is 5. The van der Waals surface area contributed by atoms with E-state index in [-0.39, 0.29) is 29.7 Å². The van der Waals surface area contributed by atoms with Gasteiger partial charge in [-0.1, -0.05) is 19.0 Å². The fourth-order valence-corrected chi connectivity index (χ4v) is 4.15. The molecule has 16 heteroatoms. The number of aldehydes is 1. The summed E-state index contributed by atoms with van der Waals surface area (Å²) in [6, 6.07) is 3.22. The van der Waals surface area contributed by atoms with Gasteiger partial charge < -0.3 is 30.4 Å². The number of halogens is 5. The van der Waals surface area contributed by atoms with E-state index in [0.29, 0.717) is 35.0 Å². The zero-order chi connectivity index (χ0) is 29.9. The Morgan fingerprint density at radius 2 is 2.00 bits per heavy atom. The Morgan fingerprint density at radius 3 is 2.48 bits per heavy atom. The summed E-state index contributed by atoms with van der Waals surface area (Å²) in [6.07, 6.45) is 0.513. The van der Waals surface area contributed by atoms with Crippen LogP contribution in [0.3, 0.4) is 0 Å². The maximum absolute atomic E-state index is 12.7. The van der Waals surface area contributed by atoms with E-state index in [0.717, 1.165) is 17.6 Å². The van der Waals surface area contributed by atoms with E-state index < -0.39 is 18.5 Å². The number of nitrogens with one attached hydrogen (secondary N) is 4. The topological polar surface area (TPSA) is 134 Å². The van der Waals surface area contributed by atoms with Crippen LogP contribution < -0.4 is 10.6 Å². The van der Waals surface area contributed by atoms with Crippen LogP contribution >= 0.6 is 11.3 Å².